The first-order valence-corrected chi connectivity index (χ1v) is 9.73. The summed E-state index contributed by atoms with van der Waals surface area (Å²) in [5, 5.41) is 2.76. The molecule has 29 heavy (non-hydrogen) atoms. The molecule has 0 saturated carbocycles. The van der Waals surface area contributed by atoms with Crippen LogP contribution in [-0.4, -0.2) is 58.0 Å². The lowest BCUT2D eigenvalue weighted by Crippen LogP contribution is -2.48. The Bertz CT molecular complexity index is 934. The van der Waals surface area contributed by atoms with Crippen LogP contribution in [0.5, 0.6) is 0 Å². The molecule has 0 unspecified atom stereocenters. The number of halogens is 1. The number of nitrogens with zero attached hydrogens (tertiary/aromatic N) is 4. The van der Waals surface area contributed by atoms with Crippen molar-refractivity contribution in [2.75, 3.05) is 38.0 Å². The van der Waals surface area contributed by atoms with Gasteiger partial charge in [-0.3, -0.25) is 14.6 Å². The van der Waals surface area contributed by atoms with Gasteiger partial charge in [-0.25, -0.2) is 9.37 Å². The van der Waals surface area contributed by atoms with E-state index in [9.17, 15) is 9.18 Å². The van der Waals surface area contributed by atoms with Crippen molar-refractivity contribution in [1.82, 2.24) is 19.4 Å². The number of hydrogen-bond acceptors (Lipinski definition) is 4. The average molecular weight is 393 g/mol. The van der Waals surface area contributed by atoms with Gasteiger partial charge in [0.1, 0.15) is 5.82 Å². The molecule has 3 aromatic rings. The number of hydrogen-bond donors (Lipinski definition) is 1. The molecule has 150 valence electrons. The number of imidazole rings is 1. The number of anilines is 1. The number of carbonyl (C=O) groups excluding carboxylic acids is 1. The Balaban J connectivity index is 1.22. The van der Waals surface area contributed by atoms with Crippen molar-refractivity contribution < 1.29 is 9.18 Å². The monoisotopic (exact) mass is 393 g/mol. The lowest BCUT2D eigenvalue weighted by Gasteiger charge is -2.34. The summed E-state index contributed by atoms with van der Waals surface area (Å²) in [5.41, 5.74) is 2.86. The topological polar surface area (TPSA) is 53.4 Å². The molecule has 0 bridgehead atoms. The van der Waals surface area contributed by atoms with Crippen molar-refractivity contribution in [3.63, 3.8) is 0 Å². The Morgan fingerprint density at radius 2 is 1.79 bits per heavy atom. The molecule has 0 radical (unpaired) electrons. The van der Waals surface area contributed by atoms with Crippen LogP contribution in [0.4, 0.5) is 10.1 Å². The molecular weight excluding hydrogens is 369 g/mol. The summed E-state index contributed by atoms with van der Waals surface area (Å²) >= 11 is 0. The summed E-state index contributed by atoms with van der Waals surface area (Å²) < 4.78 is 15.2. The van der Waals surface area contributed by atoms with E-state index >= 15 is 0 Å². The zero-order valence-corrected chi connectivity index (χ0v) is 16.2. The molecular formula is C22H24FN5O. The SMILES string of the molecule is O=C(CN1CCN(Cc2ccc(-n3ccnc3)cc2)CC1)Nc1cccc(F)c1. The van der Waals surface area contributed by atoms with Gasteiger partial charge in [0.25, 0.3) is 0 Å². The first-order chi connectivity index (χ1) is 14.2. The fourth-order valence-corrected chi connectivity index (χ4v) is 3.52. The number of nitrogens with one attached hydrogen (secondary N) is 1. The third kappa shape index (κ3) is 5.28. The second-order valence-electron chi connectivity index (χ2n) is 7.25. The third-order valence-electron chi connectivity index (χ3n) is 5.09. The summed E-state index contributed by atoms with van der Waals surface area (Å²) in [6.45, 7) is 4.72. The summed E-state index contributed by atoms with van der Waals surface area (Å²) in [6.07, 6.45) is 5.49. The fraction of sp³-hybridized carbons (Fsp3) is 0.273. The smallest absolute Gasteiger partial charge is 0.238 e. The molecule has 1 fully saturated rings. The van der Waals surface area contributed by atoms with Crippen molar-refractivity contribution >= 4 is 11.6 Å². The van der Waals surface area contributed by atoms with E-state index in [1.54, 1.807) is 24.7 Å². The fourth-order valence-electron chi connectivity index (χ4n) is 3.52. The highest BCUT2D eigenvalue weighted by Gasteiger charge is 2.19. The normalized spacial score (nSPS) is 15.3. The molecule has 7 heteroatoms. The van der Waals surface area contributed by atoms with Crippen LogP contribution in [0, 0.1) is 5.82 Å². The zero-order valence-electron chi connectivity index (χ0n) is 16.2. The Morgan fingerprint density at radius 3 is 2.48 bits per heavy atom. The first-order valence-electron chi connectivity index (χ1n) is 9.73. The predicted octanol–water partition coefficient (Wildman–Crippen LogP) is 2.77. The first kappa shape index (κ1) is 19.3. The lowest BCUT2D eigenvalue weighted by molar-refractivity contribution is -0.117. The van der Waals surface area contributed by atoms with Crippen LogP contribution >= 0.6 is 0 Å². The maximum Gasteiger partial charge on any atom is 0.238 e. The Morgan fingerprint density at radius 1 is 1.03 bits per heavy atom. The van der Waals surface area contributed by atoms with E-state index in [1.165, 1.54) is 17.7 Å². The molecule has 2 aromatic carbocycles. The van der Waals surface area contributed by atoms with Crippen LogP contribution in [-0.2, 0) is 11.3 Å². The van der Waals surface area contributed by atoms with Crippen LogP contribution in [0.15, 0.2) is 67.3 Å². The summed E-state index contributed by atoms with van der Waals surface area (Å²) in [5.74, 6) is -0.464. The minimum absolute atomic E-state index is 0.112. The molecule has 1 aromatic heterocycles. The van der Waals surface area contributed by atoms with Crippen molar-refractivity contribution in [2.24, 2.45) is 0 Å². The Hall–Kier alpha value is -3.03. The highest BCUT2D eigenvalue weighted by molar-refractivity contribution is 5.92. The van der Waals surface area contributed by atoms with Crippen LogP contribution < -0.4 is 5.32 Å². The van der Waals surface area contributed by atoms with Gasteiger partial charge >= 0.3 is 0 Å². The second-order valence-corrected chi connectivity index (χ2v) is 7.25. The standard InChI is InChI=1S/C22H24FN5O/c23-19-2-1-3-20(14-19)25-22(29)16-27-12-10-26(11-13-27)15-18-4-6-21(7-5-18)28-9-8-24-17-28/h1-9,14,17H,10-13,15-16H2,(H,25,29). The quantitative estimate of drug-likeness (QED) is 0.700. The van der Waals surface area contributed by atoms with E-state index in [0.29, 0.717) is 12.2 Å². The molecule has 1 saturated heterocycles. The molecule has 2 heterocycles. The van der Waals surface area contributed by atoms with Gasteiger partial charge < -0.3 is 9.88 Å². The number of rotatable bonds is 6. The maximum absolute atomic E-state index is 13.2. The van der Waals surface area contributed by atoms with E-state index in [-0.39, 0.29) is 11.7 Å². The number of benzene rings is 2. The van der Waals surface area contributed by atoms with Crippen molar-refractivity contribution in [1.29, 1.82) is 0 Å². The van der Waals surface area contributed by atoms with Gasteiger partial charge in [-0.2, -0.15) is 0 Å². The van der Waals surface area contributed by atoms with Gasteiger partial charge in [0, 0.05) is 56.5 Å². The molecule has 0 spiro atoms. The molecule has 1 amide bonds. The van der Waals surface area contributed by atoms with E-state index in [0.717, 1.165) is 38.4 Å². The van der Waals surface area contributed by atoms with E-state index in [1.807, 2.05) is 10.8 Å². The third-order valence-corrected chi connectivity index (χ3v) is 5.09. The number of aromatic nitrogens is 2. The minimum Gasteiger partial charge on any atom is -0.325 e. The van der Waals surface area contributed by atoms with Gasteiger partial charge in [0.05, 0.1) is 12.9 Å². The Kier molecular flexibility index (Phi) is 5.97. The highest BCUT2D eigenvalue weighted by atomic mass is 19.1. The largest absolute Gasteiger partial charge is 0.325 e. The highest BCUT2D eigenvalue weighted by Crippen LogP contribution is 2.13. The van der Waals surface area contributed by atoms with E-state index < -0.39 is 0 Å². The van der Waals surface area contributed by atoms with E-state index in [4.69, 9.17) is 0 Å². The van der Waals surface area contributed by atoms with Gasteiger partial charge in [0.15, 0.2) is 0 Å². The van der Waals surface area contributed by atoms with E-state index in [2.05, 4.69) is 44.4 Å². The molecule has 6 nitrogen and oxygen atoms in total. The summed E-state index contributed by atoms with van der Waals surface area (Å²) in [6, 6.07) is 14.5. The summed E-state index contributed by atoms with van der Waals surface area (Å²) in [7, 11) is 0. The van der Waals surface area contributed by atoms with Crippen LogP contribution in [0.1, 0.15) is 5.56 Å². The molecule has 1 N–H and O–H groups in total. The van der Waals surface area contributed by atoms with Gasteiger partial charge in [-0.05, 0) is 35.9 Å². The minimum atomic E-state index is -0.352. The Labute approximate surface area is 169 Å². The molecule has 4 rings (SSSR count). The second kappa shape index (κ2) is 8.98. The number of amides is 1. The molecule has 1 aliphatic heterocycles. The van der Waals surface area contributed by atoms with Crippen LogP contribution in [0.3, 0.4) is 0 Å². The van der Waals surface area contributed by atoms with Crippen molar-refractivity contribution in [3.8, 4) is 5.69 Å². The molecule has 1 aliphatic rings. The number of piperazine rings is 1. The molecule has 0 atom stereocenters. The average Bonchev–Trinajstić information content (AvgIpc) is 3.25. The van der Waals surface area contributed by atoms with Crippen LogP contribution in [0.25, 0.3) is 5.69 Å². The van der Waals surface area contributed by atoms with Crippen molar-refractivity contribution in [2.45, 2.75) is 6.54 Å². The predicted molar refractivity (Wildman–Crippen MR) is 110 cm³/mol. The van der Waals surface area contributed by atoms with Gasteiger partial charge in [0.2, 0.25) is 5.91 Å². The van der Waals surface area contributed by atoms with Gasteiger partial charge in [-0.1, -0.05) is 18.2 Å². The van der Waals surface area contributed by atoms with Crippen LogP contribution in [0.2, 0.25) is 0 Å². The summed E-state index contributed by atoms with van der Waals surface area (Å²) in [4.78, 5) is 20.8. The van der Waals surface area contributed by atoms with Gasteiger partial charge in [-0.15, -0.1) is 0 Å². The van der Waals surface area contributed by atoms with Crippen molar-refractivity contribution in [3.05, 3.63) is 78.6 Å². The number of carbonyl (C=O) groups is 1. The lowest BCUT2D eigenvalue weighted by atomic mass is 10.1. The maximum atomic E-state index is 13.2. The zero-order chi connectivity index (χ0) is 20.1. The molecule has 0 aliphatic carbocycles.